The number of carbonyl (C=O) groups excluding carboxylic acids is 2. The summed E-state index contributed by atoms with van der Waals surface area (Å²) in [6.07, 6.45) is 0.185. The number of rotatable bonds is 5. The highest BCUT2D eigenvalue weighted by atomic mass is 16.4. The monoisotopic (exact) mass is 309 g/mol. The van der Waals surface area contributed by atoms with Crippen molar-refractivity contribution in [1.82, 2.24) is 4.90 Å². The summed E-state index contributed by atoms with van der Waals surface area (Å²) >= 11 is 0. The van der Waals surface area contributed by atoms with Gasteiger partial charge in [0, 0.05) is 6.54 Å². The Morgan fingerprint density at radius 1 is 0.913 bits per heavy atom. The predicted octanol–water partition coefficient (Wildman–Crippen LogP) is 2.54. The van der Waals surface area contributed by atoms with E-state index in [1.165, 1.54) is 0 Å². The topological polar surface area (TPSA) is 74.7 Å². The molecule has 23 heavy (non-hydrogen) atoms. The van der Waals surface area contributed by atoms with Gasteiger partial charge in [-0.1, -0.05) is 42.5 Å². The highest BCUT2D eigenvalue weighted by Gasteiger charge is 2.35. The van der Waals surface area contributed by atoms with Crippen LogP contribution in [0.2, 0.25) is 0 Å². The molecule has 2 aromatic rings. The van der Waals surface area contributed by atoms with Crippen molar-refractivity contribution in [1.29, 1.82) is 0 Å². The predicted molar refractivity (Wildman–Crippen MR) is 83.2 cm³/mol. The lowest BCUT2D eigenvalue weighted by atomic mass is 9.96. The molecule has 1 aliphatic rings. The van der Waals surface area contributed by atoms with Crippen molar-refractivity contribution >= 4 is 17.8 Å². The number of aliphatic carboxylic acids is 1. The fourth-order valence-corrected chi connectivity index (χ4v) is 2.82. The maximum absolute atomic E-state index is 12.3. The van der Waals surface area contributed by atoms with Crippen LogP contribution in [-0.4, -0.2) is 34.3 Å². The van der Waals surface area contributed by atoms with E-state index in [1.807, 2.05) is 6.07 Å². The number of fused-ring (bicyclic) bond motifs is 1. The average Bonchev–Trinajstić information content (AvgIpc) is 2.81. The average molecular weight is 309 g/mol. The van der Waals surface area contributed by atoms with Crippen molar-refractivity contribution < 1.29 is 19.5 Å². The van der Waals surface area contributed by atoms with Crippen molar-refractivity contribution in [3.63, 3.8) is 0 Å². The Labute approximate surface area is 133 Å². The Morgan fingerprint density at radius 2 is 1.43 bits per heavy atom. The molecule has 0 saturated carbocycles. The minimum Gasteiger partial charge on any atom is -0.481 e. The summed E-state index contributed by atoms with van der Waals surface area (Å²) in [7, 11) is 0. The summed E-state index contributed by atoms with van der Waals surface area (Å²) in [5, 5.41) is 9.42. The molecule has 3 rings (SSSR count). The first-order valence-corrected chi connectivity index (χ1v) is 7.32. The lowest BCUT2D eigenvalue weighted by Crippen LogP contribution is -2.32. The maximum Gasteiger partial charge on any atom is 0.311 e. The summed E-state index contributed by atoms with van der Waals surface area (Å²) in [6, 6.07) is 15.5. The standard InChI is InChI=1S/C18H15NO4/c20-16-14-8-4-5-9-15(14)17(21)19(16)11-10-13(18(22)23)12-6-2-1-3-7-12/h1-9,13H,10-11H2,(H,22,23)/t13-/m1/s1. The Kier molecular flexibility index (Phi) is 3.93. The number of carboxylic acids is 1. The largest absolute Gasteiger partial charge is 0.481 e. The van der Waals surface area contributed by atoms with Gasteiger partial charge in [0.1, 0.15) is 0 Å². The van der Waals surface area contributed by atoms with Crippen LogP contribution in [0.5, 0.6) is 0 Å². The molecular formula is C18H15NO4. The van der Waals surface area contributed by atoms with E-state index in [4.69, 9.17) is 0 Å². The molecular weight excluding hydrogens is 294 g/mol. The van der Waals surface area contributed by atoms with Crippen LogP contribution in [0.3, 0.4) is 0 Å². The SMILES string of the molecule is O=C(O)[C@H](CCN1C(=O)c2ccccc2C1=O)c1ccccc1. The fraction of sp³-hybridized carbons (Fsp3) is 0.167. The number of hydrogen-bond donors (Lipinski definition) is 1. The minimum absolute atomic E-state index is 0.0816. The highest BCUT2D eigenvalue weighted by molar-refractivity contribution is 6.21. The third-order valence-corrected chi connectivity index (χ3v) is 4.02. The number of imide groups is 1. The van der Waals surface area contributed by atoms with Crippen LogP contribution in [-0.2, 0) is 4.79 Å². The second kappa shape index (κ2) is 6.04. The zero-order valence-corrected chi connectivity index (χ0v) is 12.3. The molecule has 5 heteroatoms. The number of nitrogens with zero attached hydrogens (tertiary/aromatic N) is 1. The van der Waals surface area contributed by atoms with Gasteiger partial charge in [-0.3, -0.25) is 19.3 Å². The summed E-state index contributed by atoms with van der Waals surface area (Å²) in [6.45, 7) is 0.0816. The summed E-state index contributed by atoms with van der Waals surface area (Å²) < 4.78 is 0. The van der Waals surface area contributed by atoms with Gasteiger partial charge in [0.2, 0.25) is 0 Å². The van der Waals surface area contributed by atoms with Crippen LogP contribution in [0.1, 0.15) is 38.6 Å². The molecule has 0 aromatic heterocycles. The van der Waals surface area contributed by atoms with Gasteiger partial charge >= 0.3 is 5.97 Å². The molecule has 2 aromatic carbocycles. The molecule has 1 heterocycles. The highest BCUT2D eigenvalue weighted by Crippen LogP contribution is 2.25. The van der Waals surface area contributed by atoms with E-state index in [-0.39, 0.29) is 24.8 Å². The summed E-state index contributed by atoms with van der Waals surface area (Å²) in [5.74, 6) is -2.43. The lowest BCUT2D eigenvalue weighted by Gasteiger charge is -2.18. The van der Waals surface area contributed by atoms with E-state index in [0.29, 0.717) is 16.7 Å². The summed E-state index contributed by atoms with van der Waals surface area (Å²) in [4.78, 5) is 37.2. The number of carbonyl (C=O) groups is 3. The molecule has 0 saturated heterocycles. The first kappa shape index (κ1) is 15.0. The summed E-state index contributed by atoms with van der Waals surface area (Å²) in [5.41, 5.74) is 1.42. The molecule has 0 radical (unpaired) electrons. The third-order valence-electron chi connectivity index (χ3n) is 4.02. The molecule has 0 bridgehead atoms. The van der Waals surface area contributed by atoms with Crippen LogP contribution < -0.4 is 0 Å². The van der Waals surface area contributed by atoms with Gasteiger partial charge < -0.3 is 5.11 Å². The van der Waals surface area contributed by atoms with E-state index in [0.717, 1.165) is 4.90 Å². The van der Waals surface area contributed by atoms with Gasteiger partial charge in [-0.25, -0.2) is 0 Å². The molecule has 5 nitrogen and oxygen atoms in total. The van der Waals surface area contributed by atoms with E-state index in [2.05, 4.69) is 0 Å². The second-order valence-corrected chi connectivity index (χ2v) is 5.40. The molecule has 0 aliphatic carbocycles. The van der Waals surface area contributed by atoms with Crippen molar-refractivity contribution in [3.05, 3.63) is 71.3 Å². The lowest BCUT2D eigenvalue weighted by molar-refractivity contribution is -0.139. The molecule has 116 valence electrons. The van der Waals surface area contributed by atoms with Gasteiger partial charge in [-0.15, -0.1) is 0 Å². The zero-order chi connectivity index (χ0) is 16.4. The van der Waals surface area contributed by atoms with E-state index in [9.17, 15) is 19.5 Å². The van der Waals surface area contributed by atoms with Gasteiger partial charge in [0.05, 0.1) is 17.0 Å². The molecule has 1 atom stereocenters. The van der Waals surface area contributed by atoms with Crippen molar-refractivity contribution in [2.45, 2.75) is 12.3 Å². The number of amides is 2. The number of hydrogen-bond acceptors (Lipinski definition) is 3. The Morgan fingerprint density at radius 3 is 1.96 bits per heavy atom. The van der Waals surface area contributed by atoms with E-state index in [1.54, 1.807) is 48.5 Å². The Hall–Kier alpha value is -2.95. The van der Waals surface area contributed by atoms with Crippen LogP contribution in [0.15, 0.2) is 54.6 Å². The van der Waals surface area contributed by atoms with Gasteiger partial charge in [-0.05, 0) is 24.1 Å². The molecule has 1 N–H and O–H groups in total. The Bertz CT molecular complexity index is 735. The van der Waals surface area contributed by atoms with Gasteiger partial charge in [0.25, 0.3) is 11.8 Å². The zero-order valence-electron chi connectivity index (χ0n) is 12.3. The molecule has 0 spiro atoms. The van der Waals surface area contributed by atoms with Crippen LogP contribution >= 0.6 is 0 Å². The van der Waals surface area contributed by atoms with Crippen molar-refractivity contribution in [2.75, 3.05) is 6.54 Å². The van der Waals surface area contributed by atoms with Crippen LogP contribution in [0.4, 0.5) is 0 Å². The van der Waals surface area contributed by atoms with Crippen LogP contribution in [0.25, 0.3) is 0 Å². The molecule has 1 aliphatic heterocycles. The smallest absolute Gasteiger partial charge is 0.311 e. The van der Waals surface area contributed by atoms with Crippen LogP contribution in [0, 0.1) is 0 Å². The van der Waals surface area contributed by atoms with E-state index < -0.39 is 11.9 Å². The van der Waals surface area contributed by atoms with Gasteiger partial charge in [0.15, 0.2) is 0 Å². The molecule has 2 amide bonds. The maximum atomic E-state index is 12.3. The first-order chi connectivity index (χ1) is 11.1. The quantitative estimate of drug-likeness (QED) is 0.861. The number of carboxylic acid groups (broad SMARTS) is 1. The normalized spacial score (nSPS) is 14.7. The Balaban J connectivity index is 1.77. The van der Waals surface area contributed by atoms with E-state index >= 15 is 0 Å². The first-order valence-electron chi connectivity index (χ1n) is 7.32. The van der Waals surface area contributed by atoms with Crippen molar-refractivity contribution in [2.24, 2.45) is 0 Å². The second-order valence-electron chi connectivity index (χ2n) is 5.40. The fourth-order valence-electron chi connectivity index (χ4n) is 2.82. The third kappa shape index (κ3) is 2.73. The van der Waals surface area contributed by atoms with Crippen molar-refractivity contribution in [3.8, 4) is 0 Å². The molecule has 0 fully saturated rings. The molecule has 0 unspecified atom stereocenters. The van der Waals surface area contributed by atoms with Gasteiger partial charge in [-0.2, -0.15) is 0 Å². The minimum atomic E-state index is -0.965. The number of benzene rings is 2.